The maximum absolute atomic E-state index is 12.3. The number of rotatable bonds is 8. The van der Waals surface area contributed by atoms with Crippen molar-refractivity contribution in [3.8, 4) is 11.9 Å². The summed E-state index contributed by atoms with van der Waals surface area (Å²) in [7, 11) is 0. The van der Waals surface area contributed by atoms with E-state index in [0.29, 0.717) is 23.0 Å². The largest absolute Gasteiger partial charge is 0.471 e. The number of pyridine rings is 2. The average Bonchev–Trinajstić information content (AvgIpc) is 3.09. The molecule has 0 saturated carbocycles. The number of nitrogens with zero attached hydrogens (tertiary/aromatic N) is 5. The zero-order valence-electron chi connectivity index (χ0n) is 15.6. The maximum Gasteiger partial charge on any atom is 0.272 e. The van der Waals surface area contributed by atoms with Crippen molar-refractivity contribution < 1.29 is 18.3 Å². The highest BCUT2D eigenvalue weighted by molar-refractivity contribution is 6.04. The molecule has 0 aliphatic rings. The van der Waals surface area contributed by atoms with Crippen LogP contribution in [0.3, 0.4) is 0 Å². The number of alkyl halides is 2. The molecule has 1 N–H and O–H groups in total. The fourth-order valence-electron chi connectivity index (χ4n) is 2.76. The molecule has 29 heavy (non-hydrogen) atoms. The number of nitrogens with one attached hydrogen (secondary N) is 1. The Bertz CT molecular complexity index is 1060. The lowest BCUT2D eigenvalue weighted by Crippen LogP contribution is -2.25. The van der Waals surface area contributed by atoms with Crippen LogP contribution in [0.4, 0.5) is 8.78 Å². The molecule has 10 heteroatoms. The second-order valence-electron chi connectivity index (χ2n) is 6.25. The first-order valence-electron chi connectivity index (χ1n) is 8.81. The Morgan fingerprint density at radius 3 is 2.97 bits per heavy atom. The Labute approximate surface area is 165 Å². The zero-order valence-corrected chi connectivity index (χ0v) is 15.6. The van der Waals surface area contributed by atoms with Crippen LogP contribution in [0.2, 0.25) is 0 Å². The summed E-state index contributed by atoms with van der Waals surface area (Å²) in [6, 6.07) is 5.44. The second-order valence-corrected chi connectivity index (χ2v) is 6.25. The van der Waals surface area contributed by atoms with Gasteiger partial charge in [-0.1, -0.05) is 0 Å². The number of ether oxygens (including phenoxy) is 1. The predicted molar refractivity (Wildman–Crippen MR) is 99.7 cm³/mol. The standard InChI is InChI=1S/C19H18F2N6O2/c1-12-7-13(8-25-19(12)29-11-16(20)21)9-27-10-14-15(26-27)3-6-23-17(14)18(28)24-5-2-4-22/h3,6-8,10,16H,2,5,9,11H2,1H3,(H,24,28). The van der Waals surface area contributed by atoms with E-state index < -0.39 is 13.0 Å². The summed E-state index contributed by atoms with van der Waals surface area (Å²) in [6.45, 7) is 1.63. The molecule has 0 atom stereocenters. The smallest absolute Gasteiger partial charge is 0.272 e. The number of hydrogen-bond donors (Lipinski definition) is 1. The van der Waals surface area contributed by atoms with Crippen molar-refractivity contribution in [2.45, 2.75) is 26.3 Å². The average molecular weight is 400 g/mol. The molecule has 0 unspecified atom stereocenters. The molecule has 0 saturated heterocycles. The minimum atomic E-state index is -2.56. The van der Waals surface area contributed by atoms with Crippen molar-refractivity contribution in [1.29, 1.82) is 5.26 Å². The molecular weight excluding hydrogens is 382 g/mol. The Balaban J connectivity index is 1.77. The van der Waals surface area contributed by atoms with Crippen LogP contribution in [0.15, 0.2) is 30.7 Å². The van der Waals surface area contributed by atoms with Crippen molar-refractivity contribution in [3.63, 3.8) is 0 Å². The van der Waals surface area contributed by atoms with Crippen LogP contribution in [0, 0.1) is 18.3 Å². The monoisotopic (exact) mass is 400 g/mol. The fourth-order valence-corrected chi connectivity index (χ4v) is 2.76. The predicted octanol–water partition coefficient (Wildman–Crippen LogP) is 2.47. The highest BCUT2D eigenvalue weighted by atomic mass is 19.3. The van der Waals surface area contributed by atoms with Gasteiger partial charge in [0.05, 0.1) is 29.9 Å². The number of hydrogen-bond acceptors (Lipinski definition) is 6. The van der Waals surface area contributed by atoms with Gasteiger partial charge < -0.3 is 10.1 Å². The van der Waals surface area contributed by atoms with E-state index >= 15 is 0 Å². The number of aromatic nitrogens is 4. The number of carbonyl (C=O) groups is 1. The van der Waals surface area contributed by atoms with E-state index in [2.05, 4.69) is 20.4 Å². The summed E-state index contributed by atoms with van der Waals surface area (Å²) in [6.07, 6.45) is 2.39. The topological polar surface area (TPSA) is 106 Å². The molecule has 0 radical (unpaired) electrons. The van der Waals surface area contributed by atoms with Crippen molar-refractivity contribution in [3.05, 3.63) is 47.5 Å². The van der Waals surface area contributed by atoms with Gasteiger partial charge in [0.2, 0.25) is 5.88 Å². The summed E-state index contributed by atoms with van der Waals surface area (Å²) in [4.78, 5) is 20.5. The van der Waals surface area contributed by atoms with Gasteiger partial charge in [0.15, 0.2) is 6.61 Å². The molecule has 3 heterocycles. The van der Waals surface area contributed by atoms with E-state index in [4.69, 9.17) is 10.00 Å². The van der Waals surface area contributed by atoms with Crippen LogP contribution < -0.4 is 10.1 Å². The third-order valence-electron chi connectivity index (χ3n) is 4.00. The molecule has 0 spiro atoms. The van der Waals surface area contributed by atoms with Crippen molar-refractivity contribution in [2.75, 3.05) is 13.2 Å². The third-order valence-corrected chi connectivity index (χ3v) is 4.00. The number of aryl methyl sites for hydroxylation is 1. The number of halogens is 2. The van der Waals surface area contributed by atoms with E-state index in [1.54, 1.807) is 29.9 Å². The normalized spacial score (nSPS) is 10.9. The molecular formula is C19H18F2N6O2. The lowest BCUT2D eigenvalue weighted by molar-refractivity contribution is 0.0792. The van der Waals surface area contributed by atoms with Crippen LogP contribution >= 0.6 is 0 Å². The summed E-state index contributed by atoms with van der Waals surface area (Å²) in [5.74, 6) is -0.205. The van der Waals surface area contributed by atoms with E-state index in [0.717, 1.165) is 5.56 Å². The Hall–Kier alpha value is -3.61. The van der Waals surface area contributed by atoms with E-state index in [9.17, 15) is 13.6 Å². The van der Waals surface area contributed by atoms with Crippen LogP contribution in [-0.2, 0) is 6.54 Å². The lowest BCUT2D eigenvalue weighted by Gasteiger charge is -2.09. The molecule has 0 aliphatic heterocycles. The molecule has 3 aromatic heterocycles. The molecule has 0 aromatic carbocycles. The molecule has 1 amide bonds. The third kappa shape index (κ3) is 5.01. The number of fused-ring (bicyclic) bond motifs is 1. The van der Waals surface area contributed by atoms with Gasteiger partial charge in [-0.2, -0.15) is 10.4 Å². The van der Waals surface area contributed by atoms with Gasteiger partial charge in [0.25, 0.3) is 12.3 Å². The first kappa shape index (κ1) is 20.1. The van der Waals surface area contributed by atoms with Crippen molar-refractivity contribution in [1.82, 2.24) is 25.1 Å². The Morgan fingerprint density at radius 2 is 2.24 bits per heavy atom. The highest BCUT2D eigenvalue weighted by Crippen LogP contribution is 2.19. The maximum atomic E-state index is 12.3. The van der Waals surface area contributed by atoms with Gasteiger partial charge in [-0.15, -0.1) is 0 Å². The lowest BCUT2D eigenvalue weighted by atomic mass is 10.2. The van der Waals surface area contributed by atoms with Crippen molar-refractivity contribution in [2.24, 2.45) is 0 Å². The Morgan fingerprint density at radius 1 is 1.41 bits per heavy atom. The van der Waals surface area contributed by atoms with Crippen LogP contribution in [0.25, 0.3) is 10.9 Å². The molecule has 3 aromatic rings. The summed E-state index contributed by atoms with van der Waals surface area (Å²) >= 11 is 0. The molecule has 3 rings (SSSR count). The zero-order chi connectivity index (χ0) is 20.8. The molecule has 0 bridgehead atoms. The number of amides is 1. The van der Waals surface area contributed by atoms with Gasteiger partial charge >= 0.3 is 0 Å². The van der Waals surface area contributed by atoms with E-state index in [1.165, 1.54) is 12.4 Å². The summed E-state index contributed by atoms with van der Waals surface area (Å²) < 4.78 is 31.2. The minimum Gasteiger partial charge on any atom is -0.471 e. The van der Waals surface area contributed by atoms with Gasteiger partial charge in [0, 0.05) is 30.7 Å². The van der Waals surface area contributed by atoms with Gasteiger partial charge in [-0.05, 0) is 24.6 Å². The van der Waals surface area contributed by atoms with Gasteiger partial charge in [0.1, 0.15) is 5.69 Å². The summed E-state index contributed by atoms with van der Waals surface area (Å²) in [5.41, 5.74) is 2.27. The quantitative estimate of drug-likeness (QED) is 0.583. The fraction of sp³-hybridized carbons (Fsp3) is 0.316. The molecule has 0 fully saturated rings. The SMILES string of the molecule is Cc1cc(Cn2cc3c(C(=O)NCCC#N)nccc3n2)cnc1OCC(F)F. The van der Waals surface area contributed by atoms with Crippen LogP contribution in [-0.4, -0.2) is 45.2 Å². The van der Waals surface area contributed by atoms with Crippen LogP contribution in [0.5, 0.6) is 5.88 Å². The minimum absolute atomic E-state index is 0.167. The van der Waals surface area contributed by atoms with Gasteiger partial charge in [-0.25, -0.2) is 13.8 Å². The molecule has 0 aliphatic carbocycles. The van der Waals surface area contributed by atoms with Crippen molar-refractivity contribution >= 4 is 16.8 Å². The molecule has 150 valence electrons. The summed E-state index contributed by atoms with van der Waals surface area (Å²) in [5, 5.41) is 16.3. The highest BCUT2D eigenvalue weighted by Gasteiger charge is 2.14. The number of carbonyl (C=O) groups excluding carboxylic acids is 1. The first-order valence-corrected chi connectivity index (χ1v) is 8.81. The Kier molecular flexibility index (Phi) is 6.29. The van der Waals surface area contributed by atoms with Crippen LogP contribution in [0.1, 0.15) is 28.0 Å². The van der Waals surface area contributed by atoms with E-state index in [-0.39, 0.29) is 30.4 Å². The van der Waals surface area contributed by atoms with E-state index in [1.807, 2.05) is 6.07 Å². The van der Waals surface area contributed by atoms with Gasteiger partial charge in [-0.3, -0.25) is 14.5 Å². The molecule has 8 nitrogen and oxygen atoms in total. The second kappa shape index (κ2) is 9.05. The number of nitriles is 1. The first-order chi connectivity index (χ1) is 14.0.